The van der Waals surface area contributed by atoms with Crippen LogP contribution in [-0.2, 0) is 0 Å². The molecule has 0 bridgehead atoms. The molecule has 1 aromatic carbocycles. The average molecular weight is 379 g/mol. The van der Waals surface area contributed by atoms with Crippen LogP contribution >= 0.6 is 23.2 Å². The predicted octanol–water partition coefficient (Wildman–Crippen LogP) is 3.46. The highest BCUT2D eigenvalue weighted by molar-refractivity contribution is 6.43. The van der Waals surface area contributed by atoms with Crippen molar-refractivity contribution in [1.82, 2.24) is 15.4 Å². The van der Waals surface area contributed by atoms with E-state index in [0.717, 1.165) is 0 Å². The summed E-state index contributed by atoms with van der Waals surface area (Å²) in [5.41, 5.74) is 11.8. The number of amides is 1. The lowest BCUT2D eigenvalue weighted by atomic mass is 10.3. The number of halogens is 2. The summed E-state index contributed by atoms with van der Waals surface area (Å²) in [5.74, 6) is 0.170. The van der Waals surface area contributed by atoms with Gasteiger partial charge in [-0.25, -0.2) is 9.97 Å². The number of carbonyl (C=O) groups excluding carboxylic acids is 1. The molecule has 2 aromatic heterocycles. The van der Waals surface area contributed by atoms with Crippen molar-refractivity contribution in [3.8, 4) is 0 Å². The maximum Gasteiger partial charge on any atom is 0.305 e. The van der Waals surface area contributed by atoms with Crippen molar-refractivity contribution >= 4 is 52.1 Å². The maximum absolute atomic E-state index is 11.8. The van der Waals surface area contributed by atoms with Crippen molar-refractivity contribution in [2.75, 3.05) is 16.5 Å². The van der Waals surface area contributed by atoms with Gasteiger partial charge < -0.3 is 15.5 Å². The molecule has 10 heteroatoms. The van der Waals surface area contributed by atoms with Gasteiger partial charge in [0.05, 0.1) is 22.0 Å². The number of carbonyl (C=O) groups is 1. The van der Waals surface area contributed by atoms with Crippen LogP contribution in [0, 0.1) is 0 Å². The summed E-state index contributed by atoms with van der Waals surface area (Å²) in [6.45, 7) is 0. The Kier molecular flexibility index (Phi) is 4.92. The lowest BCUT2D eigenvalue weighted by molar-refractivity contribution is 0.0935. The summed E-state index contributed by atoms with van der Waals surface area (Å²) in [6, 6.07) is 8.24. The number of nitrogen functional groups attached to an aromatic ring is 1. The number of hydrogen-bond donors (Lipinski definition) is 4. The average Bonchev–Trinajstić information content (AvgIpc) is 3.14. The molecule has 0 atom stereocenters. The summed E-state index contributed by atoms with van der Waals surface area (Å²) in [6.07, 6.45) is 2.67. The van der Waals surface area contributed by atoms with Gasteiger partial charge in [-0.1, -0.05) is 29.3 Å². The normalized spacial score (nSPS) is 10.3. The number of furan rings is 1. The van der Waals surface area contributed by atoms with E-state index in [1.54, 1.807) is 24.3 Å². The molecule has 128 valence electrons. The molecule has 0 unspecified atom stereocenters. The van der Waals surface area contributed by atoms with Gasteiger partial charge in [0.1, 0.15) is 12.0 Å². The maximum atomic E-state index is 11.8. The molecular formula is C15H12Cl2N6O2. The van der Waals surface area contributed by atoms with Gasteiger partial charge in [0, 0.05) is 0 Å². The van der Waals surface area contributed by atoms with Crippen LogP contribution in [0.4, 0.5) is 23.0 Å². The minimum atomic E-state index is -0.476. The summed E-state index contributed by atoms with van der Waals surface area (Å²) in [5, 5.41) is 3.70. The monoisotopic (exact) mass is 378 g/mol. The SMILES string of the molecule is Nc1c(NNC(=O)c2ccco2)ncnc1Nc1cccc(Cl)c1Cl. The van der Waals surface area contributed by atoms with Crippen molar-refractivity contribution in [2.24, 2.45) is 0 Å². The zero-order valence-corrected chi connectivity index (χ0v) is 14.1. The van der Waals surface area contributed by atoms with Crippen LogP contribution in [0.1, 0.15) is 10.6 Å². The van der Waals surface area contributed by atoms with Crippen LogP contribution in [0.5, 0.6) is 0 Å². The minimum absolute atomic E-state index is 0.143. The van der Waals surface area contributed by atoms with E-state index < -0.39 is 5.91 Å². The molecule has 5 N–H and O–H groups in total. The second kappa shape index (κ2) is 7.29. The minimum Gasteiger partial charge on any atom is -0.459 e. The van der Waals surface area contributed by atoms with Crippen molar-refractivity contribution in [1.29, 1.82) is 0 Å². The molecule has 3 rings (SSSR count). The van der Waals surface area contributed by atoms with E-state index in [2.05, 4.69) is 26.1 Å². The van der Waals surface area contributed by atoms with Gasteiger partial charge in [-0.15, -0.1) is 0 Å². The van der Waals surface area contributed by atoms with Crippen LogP contribution in [0.15, 0.2) is 47.3 Å². The van der Waals surface area contributed by atoms with Gasteiger partial charge in [-0.3, -0.25) is 15.6 Å². The third kappa shape index (κ3) is 3.76. The van der Waals surface area contributed by atoms with E-state index >= 15 is 0 Å². The zero-order chi connectivity index (χ0) is 17.8. The van der Waals surface area contributed by atoms with E-state index in [1.165, 1.54) is 18.7 Å². The third-order valence-corrected chi connectivity index (χ3v) is 3.95. The molecule has 1 amide bonds. The third-order valence-electron chi connectivity index (χ3n) is 3.13. The summed E-state index contributed by atoms with van der Waals surface area (Å²) < 4.78 is 4.99. The smallest absolute Gasteiger partial charge is 0.305 e. The first kappa shape index (κ1) is 16.9. The molecule has 0 aliphatic heterocycles. The second-order valence-corrected chi connectivity index (χ2v) is 5.55. The first-order chi connectivity index (χ1) is 12.1. The molecule has 8 nitrogen and oxygen atoms in total. The van der Waals surface area contributed by atoms with E-state index in [0.29, 0.717) is 21.6 Å². The molecule has 25 heavy (non-hydrogen) atoms. The fourth-order valence-corrected chi connectivity index (χ4v) is 2.26. The molecule has 0 aliphatic rings. The van der Waals surface area contributed by atoms with Gasteiger partial charge in [-0.2, -0.15) is 0 Å². The van der Waals surface area contributed by atoms with Crippen molar-refractivity contribution in [2.45, 2.75) is 0 Å². The van der Waals surface area contributed by atoms with E-state index in [1.807, 2.05) is 0 Å². The Morgan fingerprint density at radius 2 is 1.92 bits per heavy atom. The Morgan fingerprint density at radius 3 is 2.68 bits per heavy atom. The van der Waals surface area contributed by atoms with E-state index in [-0.39, 0.29) is 17.3 Å². The molecule has 2 heterocycles. The number of hydrazine groups is 1. The fourth-order valence-electron chi connectivity index (χ4n) is 1.91. The number of aromatic nitrogens is 2. The van der Waals surface area contributed by atoms with Gasteiger partial charge in [0.25, 0.3) is 0 Å². The standard InChI is InChI=1S/C15H12Cl2N6O2/c16-8-3-1-4-9(11(8)17)21-13-12(18)14(20-7-19-13)22-23-15(24)10-5-2-6-25-10/h1-7H,18H2,(H,23,24)(H2,19,20,21,22). The first-order valence-corrected chi connectivity index (χ1v) is 7.73. The van der Waals surface area contributed by atoms with Crippen LogP contribution in [0.3, 0.4) is 0 Å². The quantitative estimate of drug-likeness (QED) is 0.502. The number of benzene rings is 1. The fraction of sp³-hybridized carbons (Fsp3) is 0. The molecular weight excluding hydrogens is 367 g/mol. The zero-order valence-electron chi connectivity index (χ0n) is 12.6. The Hall–Kier alpha value is -2.97. The number of rotatable bonds is 5. The Balaban J connectivity index is 1.76. The number of nitrogens with zero attached hydrogens (tertiary/aromatic N) is 2. The molecule has 0 fully saturated rings. The highest BCUT2D eigenvalue weighted by atomic mass is 35.5. The van der Waals surface area contributed by atoms with Gasteiger partial charge in [0.15, 0.2) is 17.4 Å². The topological polar surface area (TPSA) is 118 Å². The van der Waals surface area contributed by atoms with Crippen LogP contribution in [0.25, 0.3) is 0 Å². The molecule has 0 saturated carbocycles. The second-order valence-electron chi connectivity index (χ2n) is 4.77. The molecule has 0 saturated heterocycles. The Bertz CT molecular complexity index is 901. The van der Waals surface area contributed by atoms with Gasteiger partial charge in [0.2, 0.25) is 0 Å². The number of anilines is 4. The van der Waals surface area contributed by atoms with Crippen molar-refractivity contribution < 1.29 is 9.21 Å². The Morgan fingerprint density at radius 1 is 1.12 bits per heavy atom. The number of nitrogens with two attached hydrogens (primary N) is 1. The van der Waals surface area contributed by atoms with E-state index in [9.17, 15) is 4.79 Å². The van der Waals surface area contributed by atoms with Crippen LogP contribution in [0.2, 0.25) is 10.0 Å². The van der Waals surface area contributed by atoms with Crippen molar-refractivity contribution in [3.05, 3.63) is 58.7 Å². The summed E-state index contributed by atoms with van der Waals surface area (Å²) in [4.78, 5) is 19.9. The molecule has 0 aliphatic carbocycles. The lowest BCUT2D eigenvalue weighted by Gasteiger charge is -2.13. The van der Waals surface area contributed by atoms with Crippen molar-refractivity contribution in [3.63, 3.8) is 0 Å². The first-order valence-electron chi connectivity index (χ1n) is 6.97. The summed E-state index contributed by atoms with van der Waals surface area (Å²) in [7, 11) is 0. The molecule has 0 spiro atoms. The Labute approximate surface area is 152 Å². The highest BCUT2D eigenvalue weighted by Gasteiger charge is 2.13. The molecule has 0 radical (unpaired) electrons. The lowest BCUT2D eigenvalue weighted by Crippen LogP contribution is -2.30. The van der Waals surface area contributed by atoms with Gasteiger partial charge >= 0.3 is 5.91 Å². The van der Waals surface area contributed by atoms with Crippen LogP contribution in [-0.4, -0.2) is 15.9 Å². The number of nitrogens with one attached hydrogen (secondary N) is 3. The van der Waals surface area contributed by atoms with E-state index in [4.69, 9.17) is 33.4 Å². The summed E-state index contributed by atoms with van der Waals surface area (Å²) >= 11 is 12.1. The van der Waals surface area contributed by atoms with Crippen LogP contribution < -0.4 is 21.9 Å². The molecule has 3 aromatic rings. The largest absolute Gasteiger partial charge is 0.459 e. The number of hydrogen-bond acceptors (Lipinski definition) is 7. The van der Waals surface area contributed by atoms with Gasteiger partial charge in [-0.05, 0) is 24.3 Å². The highest BCUT2D eigenvalue weighted by Crippen LogP contribution is 2.33. The predicted molar refractivity (Wildman–Crippen MR) is 96.0 cm³/mol.